The minimum absolute atomic E-state index is 0.0741. The number of benzene rings is 3. The number of fused-ring (bicyclic) bond motifs is 1. The topological polar surface area (TPSA) is 43.3 Å². The smallest absolute Gasteiger partial charge is 0.220 e. The molecule has 0 aliphatic rings. The van der Waals surface area contributed by atoms with Gasteiger partial charge in [0, 0.05) is 43.7 Å². The van der Waals surface area contributed by atoms with Crippen LogP contribution in [0.3, 0.4) is 0 Å². The van der Waals surface area contributed by atoms with Gasteiger partial charge in [0.1, 0.15) is 0 Å². The molecule has 0 unspecified atom stereocenters. The Morgan fingerprint density at radius 3 is 2.30 bits per heavy atom. The van der Waals surface area contributed by atoms with Crippen molar-refractivity contribution < 1.29 is 9.53 Å². The van der Waals surface area contributed by atoms with Crippen LogP contribution in [0.4, 0.5) is 0 Å². The summed E-state index contributed by atoms with van der Waals surface area (Å²) in [5.41, 5.74) is 5.03. The maximum Gasteiger partial charge on any atom is 0.220 e. The summed E-state index contributed by atoms with van der Waals surface area (Å²) < 4.78 is 7.40. The van der Waals surface area contributed by atoms with Gasteiger partial charge in [-0.25, -0.2) is 0 Å². The average Bonchev–Trinajstić information content (AvgIpc) is 3.21. The first kappa shape index (κ1) is 22.8. The molecule has 0 aliphatic heterocycles. The number of amides is 1. The molecule has 0 bridgehead atoms. The lowest BCUT2D eigenvalue weighted by atomic mass is 9.89. The number of hydrogen-bond donors (Lipinski definition) is 1. The van der Waals surface area contributed by atoms with E-state index in [1.165, 1.54) is 27.6 Å². The van der Waals surface area contributed by atoms with E-state index in [-0.39, 0.29) is 11.8 Å². The van der Waals surface area contributed by atoms with Gasteiger partial charge in [-0.05, 0) is 41.5 Å². The van der Waals surface area contributed by atoms with Crippen molar-refractivity contribution >= 4 is 16.8 Å². The molecule has 1 N–H and O–H groups in total. The fourth-order valence-corrected chi connectivity index (χ4v) is 4.45. The summed E-state index contributed by atoms with van der Waals surface area (Å²) in [7, 11) is 1.65. The summed E-state index contributed by atoms with van der Waals surface area (Å²) in [6.45, 7) is 1.88. The molecule has 0 radical (unpaired) electrons. The number of ether oxygens (including phenoxy) is 1. The third kappa shape index (κ3) is 6.11. The molecule has 33 heavy (non-hydrogen) atoms. The molecule has 0 saturated carbocycles. The van der Waals surface area contributed by atoms with Crippen LogP contribution in [-0.4, -0.2) is 30.7 Å². The molecule has 3 aromatic carbocycles. The molecule has 4 heteroatoms. The van der Waals surface area contributed by atoms with Crippen LogP contribution in [0.25, 0.3) is 10.9 Å². The minimum atomic E-state index is 0.0741. The lowest BCUT2D eigenvalue weighted by molar-refractivity contribution is -0.121. The van der Waals surface area contributed by atoms with Crippen molar-refractivity contribution in [3.05, 3.63) is 108 Å². The highest BCUT2D eigenvalue weighted by Crippen LogP contribution is 2.33. The lowest BCUT2D eigenvalue weighted by Crippen LogP contribution is -2.28. The van der Waals surface area contributed by atoms with E-state index in [0.29, 0.717) is 19.6 Å². The highest BCUT2D eigenvalue weighted by atomic mass is 16.5. The molecule has 170 valence electrons. The number of rotatable bonds is 11. The molecule has 1 heterocycles. The number of carbonyl (C=O) groups excluding carboxylic acids is 1. The maximum absolute atomic E-state index is 12.8. The van der Waals surface area contributed by atoms with Crippen LogP contribution in [0.1, 0.15) is 35.4 Å². The van der Waals surface area contributed by atoms with Crippen molar-refractivity contribution in [1.82, 2.24) is 9.88 Å². The molecule has 0 fully saturated rings. The second kappa shape index (κ2) is 11.5. The highest BCUT2D eigenvalue weighted by molar-refractivity contribution is 5.86. The van der Waals surface area contributed by atoms with E-state index in [2.05, 4.69) is 88.9 Å². The lowest BCUT2D eigenvalue weighted by Gasteiger charge is -2.17. The van der Waals surface area contributed by atoms with Crippen LogP contribution in [0.5, 0.6) is 0 Å². The largest absolute Gasteiger partial charge is 0.383 e. The molecule has 0 saturated heterocycles. The molecule has 4 aromatic rings. The van der Waals surface area contributed by atoms with Gasteiger partial charge in [0.05, 0.1) is 6.61 Å². The van der Waals surface area contributed by atoms with Gasteiger partial charge in [0.2, 0.25) is 5.91 Å². The maximum atomic E-state index is 12.8. The Hall–Kier alpha value is -3.37. The van der Waals surface area contributed by atoms with Gasteiger partial charge in [0.25, 0.3) is 0 Å². The van der Waals surface area contributed by atoms with E-state index in [0.717, 1.165) is 19.4 Å². The molecular weight excluding hydrogens is 408 g/mol. The summed E-state index contributed by atoms with van der Waals surface area (Å²) in [6, 6.07) is 29.6. The van der Waals surface area contributed by atoms with E-state index in [1.807, 2.05) is 12.1 Å². The number of para-hydroxylation sites is 1. The van der Waals surface area contributed by atoms with Crippen molar-refractivity contribution in [1.29, 1.82) is 0 Å². The Morgan fingerprint density at radius 2 is 1.58 bits per heavy atom. The van der Waals surface area contributed by atoms with E-state index in [9.17, 15) is 4.79 Å². The Labute approximate surface area is 196 Å². The zero-order valence-electron chi connectivity index (χ0n) is 19.2. The number of aryl methyl sites for hydroxylation is 1. The number of aromatic nitrogens is 1. The quantitative estimate of drug-likeness (QED) is 0.310. The van der Waals surface area contributed by atoms with Gasteiger partial charge in [-0.3, -0.25) is 4.79 Å². The van der Waals surface area contributed by atoms with E-state index in [4.69, 9.17) is 4.74 Å². The van der Waals surface area contributed by atoms with Crippen molar-refractivity contribution in [2.75, 3.05) is 20.3 Å². The molecule has 0 aliphatic carbocycles. The zero-order chi connectivity index (χ0) is 22.9. The van der Waals surface area contributed by atoms with Crippen LogP contribution in [0, 0.1) is 0 Å². The van der Waals surface area contributed by atoms with Gasteiger partial charge in [-0.15, -0.1) is 0 Å². The van der Waals surface area contributed by atoms with Crippen molar-refractivity contribution in [3.63, 3.8) is 0 Å². The first-order chi connectivity index (χ1) is 16.2. The molecule has 1 amide bonds. The Morgan fingerprint density at radius 1 is 0.909 bits per heavy atom. The van der Waals surface area contributed by atoms with Crippen molar-refractivity contribution in [3.8, 4) is 0 Å². The number of hydrogen-bond acceptors (Lipinski definition) is 2. The number of carbonyl (C=O) groups is 1. The highest BCUT2D eigenvalue weighted by Gasteiger charge is 2.21. The van der Waals surface area contributed by atoms with Crippen LogP contribution in [0.2, 0.25) is 0 Å². The van der Waals surface area contributed by atoms with E-state index >= 15 is 0 Å². The average molecular weight is 441 g/mol. The predicted molar refractivity (Wildman–Crippen MR) is 134 cm³/mol. The predicted octanol–water partition coefficient (Wildman–Crippen LogP) is 5.56. The van der Waals surface area contributed by atoms with Crippen LogP contribution in [0.15, 0.2) is 91.1 Å². The third-order valence-corrected chi connectivity index (χ3v) is 6.14. The van der Waals surface area contributed by atoms with Crippen LogP contribution < -0.4 is 5.32 Å². The van der Waals surface area contributed by atoms with Gasteiger partial charge >= 0.3 is 0 Å². The van der Waals surface area contributed by atoms with Crippen molar-refractivity contribution in [2.45, 2.75) is 31.7 Å². The molecule has 1 atom stereocenters. The Balaban J connectivity index is 1.63. The molecule has 4 nitrogen and oxygen atoms in total. The summed E-state index contributed by atoms with van der Waals surface area (Å²) in [4.78, 5) is 12.8. The third-order valence-electron chi connectivity index (χ3n) is 6.14. The summed E-state index contributed by atoms with van der Waals surface area (Å²) >= 11 is 0. The standard InChI is InChI=1S/C29H32N2O2/c1-33-19-18-30-29(32)20-25(17-16-23-10-4-2-5-11-23)27-22-31(21-24-12-6-3-7-13-24)28-15-9-8-14-26(27)28/h2-15,22,25H,16-21H2,1H3,(H,30,32)/t25-/m0/s1. The Kier molecular flexibility index (Phi) is 7.94. The summed E-state index contributed by atoms with van der Waals surface area (Å²) in [5, 5.41) is 4.24. The fourth-order valence-electron chi connectivity index (χ4n) is 4.45. The van der Waals surface area contributed by atoms with Crippen LogP contribution in [-0.2, 0) is 22.5 Å². The SMILES string of the molecule is COCCNC(=O)C[C@H](CCc1ccccc1)c1cn(Cc2ccccc2)c2ccccc12. The molecule has 4 rings (SSSR count). The first-order valence-electron chi connectivity index (χ1n) is 11.7. The van der Waals surface area contributed by atoms with Gasteiger partial charge in [-0.1, -0.05) is 78.9 Å². The van der Waals surface area contributed by atoms with Gasteiger partial charge in [0.15, 0.2) is 0 Å². The molecule has 1 aromatic heterocycles. The van der Waals surface area contributed by atoms with Gasteiger partial charge < -0.3 is 14.6 Å². The Bertz CT molecular complexity index is 1150. The number of nitrogens with one attached hydrogen (secondary N) is 1. The number of methoxy groups -OCH3 is 1. The zero-order valence-corrected chi connectivity index (χ0v) is 19.2. The summed E-state index contributed by atoms with van der Waals surface area (Å²) in [5.74, 6) is 0.208. The monoisotopic (exact) mass is 440 g/mol. The first-order valence-corrected chi connectivity index (χ1v) is 11.7. The minimum Gasteiger partial charge on any atom is -0.383 e. The fraction of sp³-hybridized carbons (Fsp3) is 0.276. The molecule has 0 spiro atoms. The van der Waals surface area contributed by atoms with Crippen LogP contribution >= 0.6 is 0 Å². The normalized spacial score (nSPS) is 12.0. The summed E-state index contributed by atoms with van der Waals surface area (Å²) in [6.07, 6.45) is 4.59. The second-order valence-electron chi connectivity index (χ2n) is 8.48. The van der Waals surface area contributed by atoms with Crippen molar-refractivity contribution in [2.24, 2.45) is 0 Å². The number of nitrogens with zero attached hydrogens (tertiary/aromatic N) is 1. The second-order valence-corrected chi connectivity index (χ2v) is 8.48. The van der Waals surface area contributed by atoms with Gasteiger partial charge in [-0.2, -0.15) is 0 Å². The van der Waals surface area contributed by atoms with E-state index in [1.54, 1.807) is 7.11 Å². The molecular formula is C29H32N2O2. The van der Waals surface area contributed by atoms with E-state index < -0.39 is 0 Å².